The molecule has 88 valence electrons. The van der Waals surface area contributed by atoms with Crippen LogP contribution in [0.1, 0.15) is 37.8 Å². The molecule has 1 saturated carbocycles. The Labute approximate surface area is 97.3 Å². The zero-order valence-corrected chi connectivity index (χ0v) is 10.3. The first-order valence-corrected chi connectivity index (χ1v) is 5.93. The molecule has 2 nitrogen and oxygen atoms in total. The summed E-state index contributed by atoms with van der Waals surface area (Å²) in [6.45, 7) is 6.41. The highest BCUT2D eigenvalue weighted by Crippen LogP contribution is 2.33. The Morgan fingerprint density at radius 1 is 1.38 bits per heavy atom. The lowest BCUT2D eigenvalue weighted by atomic mass is 9.96. The monoisotopic (exact) mass is 220 g/mol. The highest BCUT2D eigenvalue weighted by Gasteiger charge is 2.25. The van der Waals surface area contributed by atoms with Gasteiger partial charge in [-0.2, -0.15) is 0 Å². The van der Waals surface area contributed by atoms with Gasteiger partial charge in [0.25, 0.3) is 0 Å². The fourth-order valence-electron chi connectivity index (χ4n) is 1.74. The van der Waals surface area contributed by atoms with Gasteiger partial charge in [-0.25, -0.2) is 0 Å². The molecule has 0 aromatic heterocycles. The molecule has 0 unspecified atom stereocenters. The summed E-state index contributed by atoms with van der Waals surface area (Å²) in [5.41, 5.74) is 1.19. The van der Waals surface area contributed by atoms with E-state index in [1.165, 1.54) is 12.8 Å². The van der Waals surface area contributed by atoms with Crippen LogP contribution in [0.15, 0.2) is 18.2 Å². The molecule has 2 heteroatoms. The topological polar surface area (TPSA) is 29.5 Å². The zero-order chi connectivity index (χ0) is 11.8. The minimum absolute atomic E-state index is 0.732. The zero-order valence-electron chi connectivity index (χ0n) is 10.3. The van der Waals surface area contributed by atoms with E-state index in [1.54, 1.807) is 13.8 Å². The van der Waals surface area contributed by atoms with Crippen LogP contribution >= 0.6 is 0 Å². The number of hydrogen-bond acceptors (Lipinski definition) is 2. The van der Waals surface area contributed by atoms with E-state index in [2.05, 4.69) is 0 Å². The number of benzene rings is 1. The molecule has 0 atom stereocenters. The van der Waals surface area contributed by atoms with Gasteiger partial charge in [0.2, 0.25) is 0 Å². The van der Waals surface area contributed by atoms with E-state index in [0.717, 1.165) is 29.4 Å². The molecule has 0 spiro atoms. The maximum absolute atomic E-state index is 10.1. The van der Waals surface area contributed by atoms with Crippen molar-refractivity contribution in [2.45, 2.75) is 39.2 Å². The van der Waals surface area contributed by atoms with Gasteiger partial charge in [0.05, 0.1) is 12.2 Å². The van der Waals surface area contributed by atoms with Gasteiger partial charge in [-0.05, 0) is 51.7 Å². The van der Waals surface area contributed by atoms with Crippen molar-refractivity contribution in [1.29, 1.82) is 0 Å². The SMILES string of the molecule is Cc1ccc(OCC2CC2)c(C(C)(C)O)c1. The molecular weight excluding hydrogens is 200 g/mol. The Morgan fingerprint density at radius 2 is 2.06 bits per heavy atom. The van der Waals surface area contributed by atoms with Crippen molar-refractivity contribution in [2.75, 3.05) is 6.61 Å². The van der Waals surface area contributed by atoms with E-state index in [0.29, 0.717) is 0 Å². The van der Waals surface area contributed by atoms with E-state index in [4.69, 9.17) is 4.74 Å². The number of aliphatic hydroxyl groups is 1. The third-order valence-electron chi connectivity index (χ3n) is 2.97. The van der Waals surface area contributed by atoms with Crippen LogP contribution in [0.5, 0.6) is 5.75 Å². The molecule has 1 N–H and O–H groups in total. The predicted octanol–water partition coefficient (Wildman–Crippen LogP) is 3.01. The molecule has 0 amide bonds. The molecule has 1 aliphatic rings. The Hall–Kier alpha value is -1.02. The Bertz CT molecular complexity index is 373. The van der Waals surface area contributed by atoms with E-state index in [-0.39, 0.29) is 0 Å². The third-order valence-corrected chi connectivity index (χ3v) is 2.97. The summed E-state index contributed by atoms with van der Waals surface area (Å²) in [7, 11) is 0. The summed E-state index contributed by atoms with van der Waals surface area (Å²) in [5, 5.41) is 10.1. The summed E-state index contributed by atoms with van der Waals surface area (Å²) >= 11 is 0. The quantitative estimate of drug-likeness (QED) is 0.845. The predicted molar refractivity (Wildman–Crippen MR) is 64.6 cm³/mol. The van der Waals surface area contributed by atoms with Gasteiger partial charge in [0.15, 0.2) is 0 Å². The average molecular weight is 220 g/mol. The minimum atomic E-state index is -0.842. The maximum atomic E-state index is 10.1. The molecule has 0 bridgehead atoms. The number of aryl methyl sites for hydroxylation is 1. The normalized spacial score (nSPS) is 16.2. The second-order valence-corrected chi connectivity index (χ2v) is 5.31. The molecule has 1 aromatic rings. The lowest BCUT2D eigenvalue weighted by molar-refractivity contribution is 0.0744. The van der Waals surface area contributed by atoms with Gasteiger partial charge in [0, 0.05) is 5.56 Å². The molecule has 0 saturated heterocycles. The van der Waals surface area contributed by atoms with Crippen molar-refractivity contribution in [3.63, 3.8) is 0 Å². The van der Waals surface area contributed by atoms with Crippen LogP contribution in [0.4, 0.5) is 0 Å². The van der Waals surface area contributed by atoms with Crippen LogP contribution in [-0.4, -0.2) is 11.7 Å². The lowest BCUT2D eigenvalue weighted by Gasteiger charge is -2.22. The van der Waals surface area contributed by atoms with Gasteiger partial charge in [-0.15, -0.1) is 0 Å². The standard InChI is InChI=1S/C14H20O2/c1-10-4-7-13(16-9-11-5-6-11)12(8-10)14(2,3)15/h4,7-8,11,15H,5-6,9H2,1-3H3. The van der Waals surface area contributed by atoms with Gasteiger partial charge >= 0.3 is 0 Å². The van der Waals surface area contributed by atoms with E-state index in [1.807, 2.05) is 25.1 Å². The molecule has 0 aliphatic heterocycles. The van der Waals surface area contributed by atoms with Crippen molar-refractivity contribution >= 4 is 0 Å². The first kappa shape index (κ1) is 11.5. The van der Waals surface area contributed by atoms with Crippen molar-refractivity contribution < 1.29 is 9.84 Å². The summed E-state index contributed by atoms with van der Waals surface area (Å²) < 4.78 is 5.78. The third kappa shape index (κ3) is 2.76. The van der Waals surface area contributed by atoms with Crippen molar-refractivity contribution in [3.8, 4) is 5.75 Å². The Balaban J connectivity index is 2.20. The van der Waals surface area contributed by atoms with Gasteiger partial charge in [0.1, 0.15) is 5.75 Å². The Morgan fingerprint density at radius 3 is 2.62 bits per heavy atom. The van der Waals surface area contributed by atoms with Crippen LogP contribution < -0.4 is 4.74 Å². The molecule has 1 aromatic carbocycles. The molecule has 1 fully saturated rings. The van der Waals surface area contributed by atoms with Gasteiger partial charge in [-0.3, -0.25) is 0 Å². The fraction of sp³-hybridized carbons (Fsp3) is 0.571. The largest absolute Gasteiger partial charge is 0.493 e. The fourth-order valence-corrected chi connectivity index (χ4v) is 1.74. The summed E-state index contributed by atoms with van der Waals surface area (Å²) in [5.74, 6) is 1.56. The van der Waals surface area contributed by atoms with Crippen molar-refractivity contribution in [2.24, 2.45) is 5.92 Å². The van der Waals surface area contributed by atoms with E-state index >= 15 is 0 Å². The minimum Gasteiger partial charge on any atom is -0.493 e. The van der Waals surface area contributed by atoms with Gasteiger partial charge in [-0.1, -0.05) is 11.6 Å². The first-order chi connectivity index (χ1) is 7.47. The second-order valence-electron chi connectivity index (χ2n) is 5.31. The maximum Gasteiger partial charge on any atom is 0.125 e. The summed E-state index contributed by atoms with van der Waals surface area (Å²) in [6, 6.07) is 5.99. The molecule has 0 heterocycles. The highest BCUT2D eigenvalue weighted by atomic mass is 16.5. The summed E-state index contributed by atoms with van der Waals surface area (Å²) in [6.07, 6.45) is 2.56. The van der Waals surface area contributed by atoms with E-state index < -0.39 is 5.60 Å². The molecule has 2 rings (SSSR count). The van der Waals surface area contributed by atoms with Gasteiger partial charge < -0.3 is 9.84 Å². The first-order valence-electron chi connectivity index (χ1n) is 5.93. The Kier molecular flexibility index (Phi) is 2.94. The number of ether oxygens (including phenoxy) is 1. The average Bonchev–Trinajstić information content (AvgIpc) is 2.98. The number of rotatable bonds is 4. The molecule has 0 radical (unpaired) electrons. The molecular formula is C14H20O2. The number of hydrogen-bond donors (Lipinski definition) is 1. The van der Waals surface area contributed by atoms with Crippen molar-refractivity contribution in [1.82, 2.24) is 0 Å². The highest BCUT2D eigenvalue weighted by molar-refractivity contribution is 5.40. The van der Waals surface area contributed by atoms with Crippen LogP contribution in [0.25, 0.3) is 0 Å². The van der Waals surface area contributed by atoms with Crippen LogP contribution in [0, 0.1) is 12.8 Å². The van der Waals surface area contributed by atoms with Crippen molar-refractivity contribution in [3.05, 3.63) is 29.3 Å². The smallest absolute Gasteiger partial charge is 0.125 e. The van der Waals surface area contributed by atoms with E-state index in [9.17, 15) is 5.11 Å². The molecule has 16 heavy (non-hydrogen) atoms. The van der Waals surface area contributed by atoms with Crippen LogP contribution in [0.2, 0.25) is 0 Å². The van der Waals surface area contributed by atoms with Crippen LogP contribution in [0.3, 0.4) is 0 Å². The lowest BCUT2D eigenvalue weighted by Crippen LogP contribution is -2.18. The molecule has 1 aliphatic carbocycles. The summed E-state index contributed by atoms with van der Waals surface area (Å²) in [4.78, 5) is 0. The second kappa shape index (κ2) is 4.10. The van der Waals surface area contributed by atoms with Crippen LogP contribution in [-0.2, 0) is 5.60 Å².